The van der Waals surface area contributed by atoms with Crippen molar-refractivity contribution in [2.45, 2.75) is 20.0 Å². The largest absolute Gasteiger partial charge is 0.360 e. The van der Waals surface area contributed by atoms with Crippen LogP contribution in [0.25, 0.3) is 11.4 Å². The average molecular weight is 283 g/mol. The molecule has 3 rings (SSSR count). The number of nitrogens with zero attached hydrogens (tertiary/aromatic N) is 4. The zero-order chi connectivity index (χ0) is 14.7. The van der Waals surface area contributed by atoms with Gasteiger partial charge in [-0.05, 0) is 25.6 Å². The predicted molar refractivity (Wildman–Crippen MR) is 78.2 cm³/mol. The van der Waals surface area contributed by atoms with Crippen LogP contribution in [-0.2, 0) is 13.1 Å². The Morgan fingerprint density at radius 3 is 2.86 bits per heavy atom. The van der Waals surface area contributed by atoms with Crippen molar-refractivity contribution in [2.24, 2.45) is 0 Å². The molecule has 0 aliphatic rings. The number of rotatable bonds is 5. The molecule has 1 N–H and O–H groups in total. The molecule has 0 bridgehead atoms. The Morgan fingerprint density at radius 2 is 2.14 bits per heavy atom. The van der Waals surface area contributed by atoms with E-state index < -0.39 is 0 Å². The highest BCUT2D eigenvalue weighted by Crippen LogP contribution is 2.17. The molecule has 0 radical (unpaired) electrons. The van der Waals surface area contributed by atoms with Gasteiger partial charge in [0.25, 0.3) is 0 Å². The van der Waals surface area contributed by atoms with E-state index in [1.807, 2.05) is 25.1 Å². The molecule has 0 saturated heterocycles. The van der Waals surface area contributed by atoms with E-state index in [4.69, 9.17) is 4.52 Å². The van der Waals surface area contributed by atoms with Crippen molar-refractivity contribution in [1.82, 2.24) is 25.2 Å². The number of hydrogen-bond donors (Lipinski definition) is 1. The molecule has 6 nitrogen and oxygen atoms in total. The van der Waals surface area contributed by atoms with Crippen molar-refractivity contribution in [3.8, 4) is 11.4 Å². The second-order valence-electron chi connectivity index (χ2n) is 5.14. The van der Waals surface area contributed by atoms with Crippen molar-refractivity contribution >= 4 is 0 Å². The van der Waals surface area contributed by atoms with E-state index in [-0.39, 0.29) is 0 Å². The molecule has 3 aromatic rings. The topological polar surface area (TPSA) is 70.8 Å². The number of aromatic amines is 1. The number of hydrogen-bond acceptors (Lipinski definition) is 5. The summed E-state index contributed by atoms with van der Waals surface area (Å²) in [4.78, 5) is 6.35. The molecule has 0 aliphatic heterocycles. The SMILES string of the molecule is Cc1cc(CN(C)Cc2cccc(-c3ncn[nH]3)c2)on1. The first-order chi connectivity index (χ1) is 10.2. The van der Waals surface area contributed by atoms with Gasteiger partial charge in [0, 0.05) is 18.2 Å². The third-order valence-corrected chi connectivity index (χ3v) is 3.17. The van der Waals surface area contributed by atoms with Crippen LogP contribution in [-0.4, -0.2) is 32.3 Å². The maximum Gasteiger partial charge on any atom is 0.155 e. The van der Waals surface area contributed by atoms with Crippen LogP contribution in [0, 0.1) is 6.92 Å². The standard InChI is InChI=1S/C15H17N5O/c1-11-6-14(21-19-11)9-20(2)8-12-4-3-5-13(7-12)15-16-10-17-18-15/h3-7,10H,8-9H2,1-2H3,(H,16,17,18). The Hall–Kier alpha value is -2.47. The molecule has 0 unspecified atom stereocenters. The van der Waals surface area contributed by atoms with Gasteiger partial charge in [-0.3, -0.25) is 10.00 Å². The summed E-state index contributed by atoms with van der Waals surface area (Å²) in [5, 5.41) is 10.7. The molecule has 0 amide bonds. The van der Waals surface area contributed by atoms with E-state index in [0.29, 0.717) is 0 Å². The normalized spacial score (nSPS) is 11.2. The van der Waals surface area contributed by atoms with Crippen molar-refractivity contribution in [3.63, 3.8) is 0 Å². The molecule has 0 aliphatic carbocycles. The first-order valence-electron chi connectivity index (χ1n) is 6.76. The summed E-state index contributed by atoms with van der Waals surface area (Å²) in [6, 6.07) is 10.2. The van der Waals surface area contributed by atoms with Crippen LogP contribution < -0.4 is 0 Å². The maximum atomic E-state index is 5.24. The number of H-pyrrole nitrogens is 1. The fourth-order valence-electron chi connectivity index (χ4n) is 2.29. The van der Waals surface area contributed by atoms with E-state index in [2.05, 4.69) is 44.4 Å². The lowest BCUT2D eigenvalue weighted by atomic mass is 10.1. The van der Waals surface area contributed by atoms with E-state index >= 15 is 0 Å². The molecule has 2 aromatic heterocycles. The lowest BCUT2D eigenvalue weighted by molar-refractivity contribution is 0.266. The average Bonchev–Trinajstić information content (AvgIpc) is 3.11. The van der Waals surface area contributed by atoms with E-state index in [1.54, 1.807) is 0 Å². The summed E-state index contributed by atoms with van der Waals surface area (Å²) >= 11 is 0. The van der Waals surface area contributed by atoms with E-state index in [0.717, 1.165) is 35.9 Å². The van der Waals surface area contributed by atoms with E-state index in [1.165, 1.54) is 11.9 Å². The molecule has 108 valence electrons. The monoisotopic (exact) mass is 283 g/mol. The summed E-state index contributed by atoms with van der Waals surface area (Å²) < 4.78 is 5.24. The van der Waals surface area contributed by atoms with Crippen LogP contribution in [0.5, 0.6) is 0 Å². The van der Waals surface area contributed by atoms with Crippen LogP contribution >= 0.6 is 0 Å². The second-order valence-corrected chi connectivity index (χ2v) is 5.14. The van der Waals surface area contributed by atoms with Gasteiger partial charge in [-0.1, -0.05) is 23.4 Å². The first-order valence-corrected chi connectivity index (χ1v) is 6.76. The highest BCUT2D eigenvalue weighted by atomic mass is 16.5. The van der Waals surface area contributed by atoms with Crippen molar-refractivity contribution in [3.05, 3.63) is 53.7 Å². The molecule has 0 spiro atoms. The number of nitrogens with one attached hydrogen (secondary N) is 1. The number of aromatic nitrogens is 4. The highest BCUT2D eigenvalue weighted by molar-refractivity contribution is 5.55. The zero-order valence-electron chi connectivity index (χ0n) is 12.1. The minimum atomic E-state index is 0.730. The van der Waals surface area contributed by atoms with Gasteiger partial charge in [-0.2, -0.15) is 5.10 Å². The minimum absolute atomic E-state index is 0.730. The fourth-order valence-corrected chi connectivity index (χ4v) is 2.29. The van der Waals surface area contributed by atoms with Crippen molar-refractivity contribution in [1.29, 1.82) is 0 Å². The van der Waals surface area contributed by atoms with Gasteiger partial charge < -0.3 is 4.52 Å². The van der Waals surface area contributed by atoms with Gasteiger partial charge in [0.1, 0.15) is 6.33 Å². The van der Waals surface area contributed by atoms with Crippen LogP contribution in [0.4, 0.5) is 0 Å². The van der Waals surface area contributed by atoms with Gasteiger partial charge in [0.05, 0.1) is 12.2 Å². The zero-order valence-corrected chi connectivity index (χ0v) is 12.1. The van der Waals surface area contributed by atoms with Crippen LogP contribution in [0.3, 0.4) is 0 Å². The fraction of sp³-hybridized carbons (Fsp3) is 0.267. The number of aryl methyl sites for hydroxylation is 1. The Balaban J connectivity index is 1.68. The van der Waals surface area contributed by atoms with Gasteiger partial charge in [0.2, 0.25) is 0 Å². The molecular weight excluding hydrogens is 266 g/mol. The molecule has 6 heteroatoms. The van der Waals surface area contributed by atoms with Gasteiger partial charge >= 0.3 is 0 Å². The Kier molecular flexibility index (Phi) is 3.79. The maximum absolute atomic E-state index is 5.24. The summed E-state index contributed by atoms with van der Waals surface area (Å²) in [5.74, 6) is 1.66. The quantitative estimate of drug-likeness (QED) is 0.778. The lowest BCUT2D eigenvalue weighted by Gasteiger charge is -2.15. The Labute approximate surface area is 122 Å². The number of benzene rings is 1. The first kappa shape index (κ1) is 13.5. The van der Waals surface area contributed by atoms with Crippen LogP contribution in [0.2, 0.25) is 0 Å². The molecule has 1 aromatic carbocycles. The molecule has 0 atom stereocenters. The molecule has 0 fully saturated rings. The Bertz CT molecular complexity index is 704. The van der Waals surface area contributed by atoms with Gasteiger partial charge in [0.15, 0.2) is 11.6 Å². The predicted octanol–water partition coefficient (Wildman–Crippen LogP) is 2.40. The van der Waals surface area contributed by atoms with Crippen molar-refractivity contribution < 1.29 is 4.52 Å². The molecule has 2 heterocycles. The summed E-state index contributed by atoms with van der Waals surface area (Å²) in [5.41, 5.74) is 3.15. The Morgan fingerprint density at radius 1 is 1.24 bits per heavy atom. The van der Waals surface area contributed by atoms with Crippen LogP contribution in [0.15, 0.2) is 41.2 Å². The smallest absolute Gasteiger partial charge is 0.155 e. The molecule has 21 heavy (non-hydrogen) atoms. The highest BCUT2D eigenvalue weighted by Gasteiger charge is 2.07. The minimum Gasteiger partial charge on any atom is -0.360 e. The van der Waals surface area contributed by atoms with Gasteiger partial charge in [-0.15, -0.1) is 0 Å². The van der Waals surface area contributed by atoms with Crippen LogP contribution in [0.1, 0.15) is 17.0 Å². The molecular formula is C15H17N5O. The van der Waals surface area contributed by atoms with Gasteiger partial charge in [-0.25, -0.2) is 4.98 Å². The summed E-state index contributed by atoms with van der Waals surface area (Å²) in [6.45, 7) is 3.48. The van der Waals surface area contributed by atoms with E-state index in [9.17, 15) is 0 Å². The third-order valence-electron chi connectivity index (χ3n) is 3.17. The third kappa shape index (κ3) is 3.35. The second kappa shape index (κ2) is 5.88. The van der Waals surface area contributed by atoms with Crippen molar-refractivity contribution in [2.75, 3.05) is 7.05 Å². The summed E-state index contributed by atoms with van der Waals surface area (Å²) in [7, 11) is 2.05. The summed E-state index contributed by atoms with van der Waals surface area (Å²) in [6.07, 6.45) is 1.51. The molecule has 0 saturated carbocycles. The lowest BCUT2D eigenvalue weighted by Crippen LogP contribution is -2.16.